The average Bonchev–Trinajstić information content (AvgIpc) is 2.75. The Morgan fingerprint density at radius 3 is 2.52 bits per heavy atom. The minimum atomic E-state index is -0.326. The molecule has 5 nitrogen and oxygen atoms in total. The Labute approximate surface area is 183 Å². The molecule has 6 heteroatoms. The second-order valence-electron chi connectivity index (χ2n) is 8.34. The molecule has 2 aliphatic heterocycles. The maximum atomic E-state index is 13.2. The third kappa shape index (κ3) is 4.65. The molecular weight excluding hydrogens is 393 g/mol. The number of anilines is 1. The number of fused-ring (bicyclic) bond motifs is 1. The van der Waals surface area contributed by atoms with Crippen molar-refractivity contribution in [2.75, 3.05) is 31.6 Å². The second kappa shape index (κ2) is 9.62. The predicted molar refractivity (Wildman–Crippen MR) is 121 cm³/mol. The second-order valence-corrected chi connectivity index (χ2v) is 8.34. The third-order valence-electron chi connectivity index (χ3n) is 6.43. The van der Waals surface area contributed by atoms with E-state index >= 15 is 0 Å². The van der Waals surface area contributed by atoms with E-state index in [4.69, 9.17) is 0 Å². The fourth-order valence-electron chi connectivity index (χ4n) is 4.88. The number of hydrogen-bond acceptors (Lipinski definition) is 3. The maximum Gasteiger partial charge on any atom is 0.321 e. The molecule has 0 aliphatic carbocycles. The molecular formula is C25H30FN3O2. The van der Waals surface area contributed by atoms with E-state index in [1.54, 1.807) is 12.1 Å². The monoisotopic (exact) mass is 423 g/mol. The molecule has 164 valence electrons. The minimum Gasteiger partial charge on any atom is -0.395 e. The van der Waals surface area contributed by atoms with Gasteiger partial charge in [0.2, 0.25) is 0 Å². The summed E-state index contributed by atoms with van der Waals surface area (Å²) in [5.74, 6) is -0.142. The van der Waals surface area contributed by atoms with Crippen LogP contribution in [0.4, 0.5) is 14.9 Å². The first-order valence-electron chi connectivity index (χ1n) is 11.0. The van der Waals surface area contributed by atoms with Crippen molar-refractivity contribution in [2.24, 2.45) is 0 Å². The Balaban J connectivity index is 1.51. The van der Waals surface area contributed by atoms with Crippen molar-refractivity contribution in [1.82, 2.24) is 9.80 Å². The lowest BCUT2D eigenvalue weighted by molar-refractivity contribution is -0.0585. The van der Waals surface area contributed by atoms with Gasteiger partial charge in [0.25, 0.3) is 0 Å². The summed E-state index contributed by atoms with van der Waals surface area (Å²) < 4.78 is 13.2. The molecule has 0 aromatic heterocycles. The van der Waals surface area contributed by atoms with E-state index in [1.807, 2.05) is 17.9 Å². The number of halogens is 1. The Kier molecular flexibility index (Phi) is 6.68. The zero-order valence-electron chi connectivity index (χ0n) is 17.9. The molecule has 3 atom stereocenters. The number of amides is 2. The lowest BCUT2D eigenvalue weighted by Crippen LogP contribution is -2.68. The lowest BCUT2D eigenvalue weighted by Gasteiger charge is -2.57. The van der Waals surface area contributed by atoms with Gasteiger partial charge in [-0.15, -0.1) is 0 Å². The summed E-state index contributed by atoms with van der Waals surface area (Å²) in [7, 11) is 0. The number of urea groups is 1. The van der Waals surface area contributed by atoms with Gasteiger partial charge in [0.15, 0.2) is 0 Å². The predicted octanol–water partition coefficient (Wildman–Crippen LogP) is 4.32. The van der Waals surface area contributed by atoms with E-state index in [1.165, 1.54) is 17.7 Å². The minimum absolute atomic E-state index is 0.0812. The highest BCUT2D eigenvalue weighted by Crippen LogP contribution is 2.42. The van der Waals surface area contributed by atoms with Crippen molar-refractivity contribution in [3.63, 3.8) is 0 Å². The summed E-state index contributed by atoms with van der Waals surface area (Å²) >= 11 is 0. The fourth-order valence-corrected chi connectivity index (χ4v) is 4.88. The maximum absolute atomic E-state index is 13.2. The summed E-state index contributed by atoms with van der Waals surface area (Å²) in [6.45, 7) is 4.34. The van der Waals surface area contributed by atoms with Crippen LogP contribution in [-0.4, -0.2) is 59.3 Å². The summed E-state index contributed by atoms with van der Waals surface area (Å²) in [5.41, 5.74) is 2.94. The van der Waals surface area contributed by atoms with Crippen LogP contribution in [0.5, 0.6) is 0 Å². The van der Waals surface area contributed by atoms with Crippen LogP contribution < -0.4 is 5.32 Å². The zero-order chi connectivity index (χ0) is 21.8. The number of carbonyl (C=O) groups excluding carboxylic acids is 1. The Bertz CT molecular complexity index is 913. The van der Waals surface area contributed by atoms with Crippen molar-refractivity contribution in [1.29, 1.82) is 0 Å². The van der Waals surface area contributed by atoms with Gasteiger partial charge < -0.3 is 15.3 Å². The van der Waals surface area contributed by atoms with Crippen molar-refractivity contribution < 1.29 is 14.3 Å². The van der Waals surface area contributed by atoms with Crippen LogP contribution in [0.3, 0.4) is 0 Å². The molecule has 2 aromatic rings. The molecule has 0 spiro atoms. The molecule has 0 bridgehead atoms. The largest absolute Gasteiger partial charge is 0.395 e. The number of nitrogens with one attached hydrogen (secondary N) is 1. The van der Waals surface area contributed by atoms with Crippen LogP contribution in [0.1, 0.15) is 36.8 Å². The molecule has 2 aliphatic rings. The first-order valence-corrected chi connectivity index (χ1v) is 11.0. The number of rotatable bonds is 4. The van der Waals surface area contributed by atoms with Crippen LogP contribution in [0.25, 0.3) is 6.08 Å². The Hall–Kier alpha value is -2.70. The van der Waals surface area contributed by atoms with Gasteiger partial charge in [-0.3, -0.25) is 4.90 Å². The van der Waals surface area contributed by atoms with E-state index in [0.29, 0.717) is 18.8 Å². The van der Waals surface area contributed by atoms with Gasteiger partial charge in [-0.1, -0.05) is 36.4 Å². The fraction of sp³-hybridized carbons (Fsp3) is 0.400. The molecule has 2 aromatic carbocycles. The number of aliphatic hydroxyl groups is 1. The molecule has 0 radical (unpaired) electrons. The van der Waals surface area contributed by atoms with Gasteiger partial charge in [0.05, 0.1) is 6.61 Å². The summed E-state index contributed by atoms with van der Waals surface area (Å²) in [6.07, 6.45) is 5.99. The smallest absolute Gasteiger partial charge is 0.321 e. The van der Waals surface area contributed by atoms with E-state index in [9.17, 15) is 14.3 Å². The van der Waals surface area contributed by atoms with Crippen LogP contribution in [0.15, 0.2) is 54.6 Å². The highest BCUT2D eigenvalue weighted by Gasteiger charge is 2.49. The normalized spacial score (nSPS) is 24.2. The van der Waals surface area contributed by atoms with Crippen LogP contribution >= 0.6 is 0 Å². The van der Waals surface area contributed by atoms with Crippen molar-refractivity contribution >= 4 is 17.8 Å². The highest BCUT2D eigenvalue weighted by atomic mass is 19.1. The molecule has 2 saturated heterocycles. The molecule has 0 unspecified atom stereocenters. The number of carbonyl (C=O) groups is 1. The van der Waals surface area contributed by atoms with Gasteiger partial charge in [-0.2, -0.15) is 0 Å². The molecule has 4 rings (SSSR count). The summed E-state index contributed by atoms with van der Waals surface area (Å²) in [6, 6.07) is 14.4. The number of hydrogen-bond donors (Lipinski definition) is 2. The van der Waals surface area contributed by atoms with Crippen molar-refractivity contribution in [3.8, 4) is 0 Å². The first-order chi connectivity index (χ1) is 15.1. The van der Waals surface area contributed by atoms with E-state index in [2.05, 4.69) is 40.6 Å². The SMILES string of the molecule is C/C=C/c1ccc([C@H]2[C@H]3CN(C(=O)Nc4ccc(F)cc4)CCCCN3[C@H]2CO)cc1. The zero-order valence-corrected chi connectivity index (χ0v) is 17.9. The Morgan fingerprint density at radius 1 is 1.13 bits per heavy atom. The van der Waals surface area contributed by atoms with E-state index < -0.39 is 0 Å². The standard InChI is InChI=1S/C25H30FN3O2/c1-2-5-18-6-8-19(9-7-18)24-22-16-28(14-3-4-15-29(22)23(24)17-30)25(31)27-21-12-10-20(26)11-13-21/h2,5-13,22-24,30H,3-4,14-17H2,1H3,(H,27,31)/b5-2+/t22-,23+,24+/m1/s1. The number of allylic oxidation sites excluding steroid dienone is 1. The summed E-state index contributed by atoms with van der Waals surface area (Å²) in [4.78, 5) is 17.2. The number of aliphatic hydroxyl groups excluding tert-OH is 1. The van der Waals surface area contributed by atoms with Crippen LogP contribution in [0.2, 0.25) is 0 Å². The molecule has 0 saturated carbocycles. The van der Waals surface area contributed by atoms with Gasteiger partial charge >= 0.3 is 6.03 Å². The molecule has 31 heavy (non-hydrogen) atoms. The van der Waals surface area contributed by atoms with Crippen molar-refractivity contribution in [3.05, 3.63) is 71.6 Å². The van der Waals surface area contributed by atoms with E-state index in [0.717, 1.165) is 24.9 Å². The van der Waals surface area contributed by atoms with Gasteiger partial charge in [0, 0.05) is 36.8 Å². The molecule has 2 N–H and O–H groups in total. The molecule has 2 fully saturated rings. The van der Waals surface area contributed by atoms with Gasteiger partial charge in [-0.25, -0.2) is 9.18 Å². The van der Waals surface area contributed by atoms with Gasteiger partial charge in [0.1, 0.15) is 5.82 Å². The molecule has 2 heterocycles. The van der Waals surface area contributed by atoms with Gasteiger partial charge in [-0.05, 0) is 61.7 Å². The lowest BCUT2D eigenvalue weighted by atomic mass is 9.74. The van der Waals surface area contributed by atoms with Crippen LogP contribution in [0, 0.1) is 5.82 Å². The topological polar surface area (TPSA) is 55.8 Å². The molecule has 2 amide bonds. The number of benzene rings is 2. The van der Waals surface area contributed by atoms with Crippen molar-refractivity contribution in [2.45, 2.75) is 37.8 Å². The first kappa shape index (κ1) is 21.5. The van der Waals surface area contributed by atoms with Crippen LogP contribution in [-0.2, 0) is 0 Å². The quantitative estimate of drug-likeness (QED) is 0.770. The summed E-state index contributed by atoms with van der Waals surface area (Å²) in [5, 5.41) is 13.0. The highest BCUT2D eigenvalue weighted by molar-refractivity contribution is 5.89. The Morgan fingerprint density at radius 2 is 1.84 bits per heavy atom. The third-order valence-corrected chi connectivity index (χ3v) is 6.43. The average molecular weight is 424 g/mol. The number of nitrogens with zero attached hydrogens (tertiary/aromatic N) is 2. The van der Waals surface area contributed by atoms with E-state index in [-0.39, 0.29) is 36.5 Å².